The smallest absolute Gasteiger partial charge is 0.161 e. The number of hydrogen-bond donors (Lipinski definition) is 0. The minimum atomic E-state index is 0.680. The molecule has 0 N–H and O–H groups in total. The molecule has 1 aliphatic rings. The molecule has 1 aliphatic heterocycles. The number of aromatic nitrogens is 1. The molecule has 1 saturated heterocycles. The van der Waals surface area contributed by atoms with E-state index < -0.39 is 0 Å². The van der Waals surface area contributed by atoms with Crippen molar-refractivity contribution in [1.29, 1.82) is 0 Å². The van der Waals surface area contributed by atoms with E-state index in [1.807, 2.05) is 24.3 Å². The molecule has 3 aromatic carbocycles. The minimum absolute atomic E-state index is 0.680. The third-order valence-electron chi connectivity index (χ3n) is 6.96. The summed E-state index contributed by atoms with van der Waals surface area (Å²) in [6.07, 6.45) is 0. The van der Waals surface area contributed by atoms with E-state index in [9.17, 15) is 0 Å². The van der Waals surface area contributed by atoms with E-state index >= 15 is 0 Å². The number of ether oxygens (including phenoxy) is 3. The number of piperazine rings is 1. The number of nitrogens with zero attached hydrogens (tertiary/aromatic N) is 3. The van der Waals surface area contributed by atoms with E-state index in [1.54, 1.807) is 21.3 Å². The Morgan fingerprint density at radius 3 is 2.22 bits per heavy atom. The normalized spacial score (nSPS) is 14.2. The first-order valence-corrected chi connectivity index (χ1v) is 12.3. The molecule has 186 valence electrons. The van der Waals surface area contributed by atoms with Crippen molar-refractivity contribution >= 4 is 16.6 Å². The SMILES string of the molecule is COc1cccc(-c2c(-c3ccc(OC)c(OC)c3)nc(N3CCN(C)CC3)c3ccc(C)cc23)c1. The van der Waals surface area contributed by atoms with E-state index in [0.29, 0.717) is 11.5 Å². The number of rotatable bonds is 6. The van der Waals surface area contributed by atoms with Crippen LogP contribution in [0.4, 0.5) is 5.82 Å². The predicted octanol–water partition coefficient (Wildman–Crippen LogP) is 5.65. The van der Waals surface area contributed by atoms with Gasteiger partial charge in [-0.15, -0.1) is 0 Å². The fraction of sp³-hybridized carbons (Fsp3) is 0.300. The molecule has 6 nitrogen and oxygen atoms in total. The van der Waals surface area contributed by atoms with Crippen molar-refractivity contribution in [3.63, 3.8) is 0 Å². The van der Waals surface area contributed by atoms with Crippen LogP contribution in [-0.4, -0.2) is 64.4 Å². The van der Waals surface area contributed by atoms with Gasteiger partial charge in [-0.1, -0.05) is 35.9 Å². The fourth-order valence-electron chi connectivity index (χ4n) is 4.93. The molecule has 4 aromatic rings. The van der Waals surface area contributed by atoms with Gasteiger partial charge < -0.3 is 24.0 Å². The van der Waals surface area contributed by atoms with Crippen molar-refractivity contribution in [1.82, 2.24) is 9.88 Å². The zero-order chi connectivity index (χ0) is 25.2. The van der Waals surface area contributed by atoms with Gasteiger partial charge in [0.1, 0.15) is 11.6 Å². The Bertz CT molecular complexity index is 1390. The highest BCUT2D eigenvalue weighted by atomic mass is 16.5. The van der Waals surface area contributed by atoms with E-state index in [0.717, 1.165) is 65.5 Å². The van der Waals surface area contributed by atoms with Crippen LogP contribution in [0.25, 0.3) is 33.2 Å². The highest BCUT2D eigenvalue weighted by molar-refractivity contribution is 6.07. The van der Waals surface area contributed by atoms with E-state index in [-0.39, 0.29) is 0 Å². The third-order valence-corrected chi connectivity index (χ3v) is 6.96. The number of fused-ring (bicyclic) bond motifs is 1. The summed E-state index contributed by atoms with van der Waals surface area (Å²) in [7, 11) is 7.19. The van der Waals surface area contributed by atoms with Crippen molar-refractivity contribution < 1.29 is 14.2 Å². The largest absolute Gasteiger partial charge is 0.497 e. The van der Waals surface area contributed by atoms with Crippen molar-refractivity contribution in [2.45, 2.75) is 6.92 Å². The first-order chi connectivity index (χ1) is 17.5. The van der Waals surface area contributed by atoms with Gasteiger partial charge in [-0.2, -0.15) is 0 Å². The van der Waals surface area contributed by atoms with Crippen LogP contribution in [0.5, 0.6) is 17.2 Å². The molecule has 36 heavy (non-hydrogen) atoms. The molecule has 1 fully saturated rings. The van der Waals surface area contributed by atoms with Crippen LogP contribution in [0.15, 0.2) is 60.7 Å². The van der Waals surface area contributed by atoms with Crippen LogP contribution in [0.3, 0.4) is 0 Å². The number of methoxy groups -OCH3 is 3. The monoisotopic (exact) mass is 483 g/mol. The van der Waals surface area contributed by atoms with Gasteiger partial charge in [0.15, 0.2) is 11.5 Å². The Labute approximate surface area is 213 Å². The second-order valence-corrected chi connectivity index (χ2v) is 9.30. The molecule has 0 amide bonds. The molecular formula is C30H33N3O3. The van der Waals surface area contributed by atoms with Crippen LogP contribution in [-0.2, 0) is 0 Å². The van der Waals surface area contributed by atoms with Gasteiger partial charge in [-0.25, -0.2) is 4.98 Å². The summed E-state index contributed by atoms with van der Waals surface area (Å²) in [6, 6.07) is 20.9. The lowest BCUT2D eigenvalue weighted by Gasteiger charge is -2.34. The molecule has 0 aliphatic carbocycles. The van der Waals surface area contributed by atoms with Gasteiger partial charge in [0.05, 0.1) is 27.0 Å². The van der Waals surface area contributed by atoms with Crippen LogP contribution < -0.4 is 19.1 Å². The van der Waals surface area contributed by atoms with Gasteiger partial charge in [-0.3, -0.25) is 0 Å². The number of hydrogen-bond acceptors (Lipinski definition) is 6. The summed E-state index contributed by atoms with van der Waals surface area (Å²) in [6.45, 7) is 6.05. The molecule has 0 saturated carbocycles. The molecule has 0 radical (unpaired) electrons. The van der Waals surface area contributed by atoms with Crippen LogP contribution in [0.1, 0.15) is 5.56 Å². The van der Waals surface area contributed by atoms with Gasteiger partial charge in [0.25, 0.3) is 0 Å². The van der Waals surface area contributed by atoms with E-state index in [4.69, 9.17) is 19.2 Å². The van der Waals surface area contributed by atoms with Gasteiger partial charge in [0.2, 0.25) is 0 Å². The summed E-state index contributed by atoms with van der Waals surface area (Å²) in [5, 5.41) is 2.34. The fourth-order valence-corrected chi connectivity index (χ4v) is 4.93. The maximum Gasteiger partial charge on any atom is 0.161 e. The van der Waals surface area contributed by atoms with Crippen molar-refractivity contribution in [2.75, 3.05) is 59.5 Å². The van der Waals surface area contributed by atoms with Crippen molar-refractivity contribution in [3.8, 4) is 39.6 Å². The van der Waals surface area contributed by atoms with Crippen molar-refractivity contribution in [3.05, 3.63) is 66.2 Å². The molecule has 0 bridgehead atoms. The third kappa shape index (κ3) is 4.44. The zero-order valence-corrected chi connectivity index (χ0v) is 21.7. The first-order valence-electron chi connectivity index (χ1n) is 12.3. The predicted molar refractivity (Wildman–Crippen MR) is 147 cm³/mol. The van der Waals surface area contributed by atoms with Crippen LogP contribution in [0, 0.1) is 6.92 Å². The lowest BCUT2D eigenvalue weighted by Crippen LogP contribution is -2.45. The lowest BCUT2D eigenvalue weighted by molar-refractivity contribution is 0.312. The lowest BCUT2D eigenvalue weighted by atomic mass is 9.92. The maximum atomic E-state index is 5.66. The molecule has 5 rings (SSSR count). The molecule has 2 heterocycles. The van der Waals surface area contributed by atoms with E-state index in [1.165, 1.54) is 10.9 Å². The highest BCUT2D eigenvalue weighted by Gasteiger charge is 2.23. The summed E-state index contributed by atoms with van der Waals surface area (Å²) < 4.78 is 16.8. The number of aryl methyl sites for hydroxylation is 1. The van der Waals surface area contributed by atoms with E-state index in [2.05, 4.69) is 60.2 Å². The van der Waals surface area contributed by atoms with Crippen LogP contribution in [0.2, 0.25) is 0 Å². The minimum Gasteiger partial charge on any atom is -0.497 e. The second-order valence-electron chi connectivity index (χ2n) is 9.30. The topological polar surface area (TPSA) is 47.1 Å². The average molecular weight is 484 g/mol. The zero-order valence-electron chi connectivity index (χ0n) is 21.7. The highest BCUT2D eigenvalue weighted by Crippen LogP contribution is 2.43. The Kier molecular flexibility index (Phi) is 6.70. The summed E-state index contributed by atoms with van der Waals surface area (Å²) in [5.41, 5.74) is 5.24. The van der Waals surface area contributed by atoms with Crippen LogP contribution >= 0.6 is 0 Å². The number of benzene rings is 3. The standard InChI is InChI=1S/C30H33N3O3/c1-20-9-11-24-25(17-20)28(21-7-6-8-23(18-21)34-3)29(22-10-12-26(35-4)27(19-22)36-5)31-30(24)33-15-13-32(2)14-16-33/h6-12,17-19H,13-16H2,1-5H3. The maximum absolute atomic E-state index is 5.66. The summed E-state index contributed by atoms with van der Waals surface area (Å²) >= 11 is 0. The number of anilines is 1. The summed E-state index contributed by atoms with van der Waals surface area (Å²) in [4.78, 5) is 10.2. The van der Waals surface area contributed by atoms with Gasteiger partial charge in [-0.05, 0) is 55.3 Å². The van der Waals surface area contributed by atoms with Gasteiger partial charge >= 0.3 is 0 Å². The second kappa shape index (κ2) is 10.1. The molecular weight excluding hydrogens is 450 g/mol. The quantitative estimate of drug-likeness (QED) is 0.353. The Hall–Kier alpha value is -3.77. The Morgan fingerprint density at radius 1 is 0.722 bits per heavy atom. The average Bonchev–Trinajstić information content (AvgIpc) is 2.92. The molecule has 0 atom stereocenters. The molecule has 6 heteroatoms. The molecule has 0 unspecified atom stereocenters. The summed E-state index contributed by atoms with van der Waals surface area (Å²) in [5.74, 6) is 3.21. The Morgan fingerprint density at radius 2 is 1.50 bits per heavy atom. The number of pyridine rings is 1. The molecule has 0 spiro atoms. The van der Waals surface area contributed by atoms with Gasteiger partial charge in [0, 0.05) is 42.7 Å². The number of likely N-dealkylation sites (N-methyl/N-ethyl adjacent to an activating group) is 1. The molecule has 1 aromatic heterocycles. The van der Waals surface area contributed by atoms with Crippen molar-refractivity contribution in [2.24, 2.45) is 0 Å². The Balaban J connectivity index is 1.83. The first kappa shape index (κ1) is 23.9.